The number of nitrogens with zero attached hydrogens (tertiary/aromatic N) is 1. The minimum atomic E-state index is -0.159. The first-order valence-corrected chi connectivity index (χ1v) is 6.97. The number of halogens is 1. The maximum absolute atomic E-state index is 11.6. The number of aromatic amines is 1. The first-order chi connectivity index (χ1) is 8.74. The number of ether oxygens (including phenoxy) is 1. The molecule has 1 atom stereocenters. The normalized spacial score (nSPS) is 18.8. The van der Waals surface area contributed by atoms with Crippen molar-refractivity contribution in [2.24, 2.45) is 5.92 Å². The van der Waals surface area contributed by atoms with Gasteiger partial charge in [-0.3, -0.25) is 4.79 Å². The topological polar surface area (TPSA) is 55.0 Å². The van der Waals surface area contributed by atoms with E-state index in [1.807, 2.05) is 0 Å². The van der Waals surface area contributed by atoms with Crippen LogP contribution in [0.25, 0.3) is 0 Å². The van der Waals surface area contributed by atoms with Crippen LogP contribution in [0.3, 0.4) is 0 Å². The third-order valence-corrected chi connectivity index (χ3v) is 3.83. The summed E-state index contributed by atoms with van der Waals surface area (Å²) in [6.07, 6.45) is 5.88. The van der Waals surface area contributed by atoms with E-state index < -0.39 is 0 Å². The minimum Gasteiger partial charge on any atom is -0.373 e. The van der Waals surface area contributed by atoms with Crippen molar-refractivity contribution in [2.45, 2.75) is 44.1 Å². The van der Waals surface area contributed by atoms with Gasteiger partial charge in [0.05, 0.1) is 11.6 Å². The van der Waals surface area contributed by atoms with Gasteiger partial charge in [-0.2, -0.15) is 0 Å². The lowest BCUT2D eigenvalue weighted by atomic mass is 9.85. The molecule has 1 aromatic rings. The summed E-state index contributed by atoms with van der Waals surface area (Å²) in [5.74, 6) is 1.31. The average Bonchev–Trinajstić information content (AvgIpc) is 2.40. The van der Waals surface area contributed by atoms with Crippen LogP contribution in [0.5, 0.6) is 0 Å². The number of hydrogen-bond acceptors (Lipinski definition) is 3. The molecule has 1 unspecified atom stereocenters. The Morgan fingerprint density at radius 1 is 1.50 bits per heavy atom. The predicted molar refractivity (Wildman–Crippen MR) is 70.7 cm³/mol. The predicted octanol–water partition coefficient (Wildman–Crippen LogP) is 2.78. The summed E-state index contributed by atoms with van der Waals surface area (Å²) in [5, 5.41) is 0. The van der Waals surface area contributed by atoms with Gasteiger partial charge in [0.2, 0.25) is 0 Å². The molecule has 0 radical (unpaired) electrons. The molecule has 1 aliphatic carbocycles. The zero-order valence-electron chi connectivity index (χ0n) is 10.6. The summed E-state index contributed by atoms with van der Waals surface area (Å²) in [6, 6.07) is 1.43. The van der Waals surface area contributed by atoms with Crippen LogP contribution in [0, 0.1) is 5.92 Å². The van der Waals surface area contributed by atoms with Crippen molar-refractivity contribution in [1.82, 2.24) is 9.97 Å². The molecule has 1 aliphatic rings. The lowest BCUT2D eigenvalue weighted by Gasteiger charge is -2.28. The van der Waals surface area contributed by atoms with Crippen molar-refractivity contribution in [2.75, 3.05) is 7.11 Å². The van der Waals surface area contributed by atoms with E-state index in [9.17, 15) is 4.79 Å². The molecule has 1 heterocycles. The fraction of sp³-hybridized carbons (Fsp3) is 0.692. The standard InChI is InChI=1S/C13H19ClN2O2/c1-18-12(9-5-3-2-4-6-9)13-15-10(8-14)7-11(17)16-13/h7,9,12H,2-6,8H2,1H3,(H,15,16,17). The minimum absolute atomic E-state index is 0.124. The maximum Gasteiger partial charge on any atom is 0.251 e. The van der Waals surface area contributed by atoms with Gasteiger partial charge in [0.15, 0.2) is 0 Å². The number of nitrogens with one attached hydrogen (secondary N) is 1. The molecule has 18 heavy (non-hydrogen) atoms. The number of hydrogen-bond donors (Lipinski definition) is 1. The molecule has 1 aromatic heterocycles. The van der Waals surface area contributed by atoms with E-state index in [0.717, 1.165) is 12.8 Å². The third kappa shape index (κ3) is 3.12. The second-order valence-electron chi connectivity index (χ2n) is 4.81. The maximum atomic E-state index is 11.6. The van der Waals surface area contributed by atoms with Gasteiger partial charge in [-0.05, 0) is 18.8 Å². The number of H-pyrrole nitrogens is 1. The van der Waals surface area contributed by atoms with Crippen molar-refractivity contribution < 1.29 is 4.74 Å². The van der Waals surface area contributed by atoms with Gasteiger partial charge in [0, 0.05) is 13.2 Å². The van der Waals surface area contributed by atoms with E-state index >= 15 is 0 Å². The van der Waals surface area contributed by atoms with Crippen LogP contribution in [0.4, 0.5) is 0 Å². The Morgan fingerprint density at radius 3 is 2.83 bits per heavy atom. The van der Waals surface area contributed by atoms with Gasteiger partial charge in [0.25, 0.3) is 5.56 Å². The van der Waals surface area contributed by atoms with Crippen molar-refractivity contribution >= 4 is 11.6 Å². The van der Waals surface area contributed by atoms with E-state index in [0.29, 0.717) is 17.4 Å². The van der Waals surface area contributed by atoms with E-state index in [4.69, 9.17) is 16.3 Å². The quantitative estimate of drug-likeness (QED) is 0.856. The van der Waals surface area contributed by atoms with Crippen molar-refractivity contribution in [3.8, 4) is 0 Å². The highest BCUT2D eigenvalue weighted by molar-refractivity contribution is 6.16. The zero-order valence-corrected chi connectivity index (χ0v) is 11.4. The van der Waals surface area contributed by atoms with Crippen LogP contribution in [0.15, 0.2) is 10.9 Å². The smallest absolute Gasteiger partial charge is 0.251 e. The number of alkyl halides is 1. The zero-order chi connectivity index (χ0) is 13.0. The molecule has 1 N–H and O–H groups in total. The monoisotopic (exact) mass is 270 g/mol. The summed E-state index contributed by atoms with van der Waals surface area (Å²) >= 11 is 5.75. The highest BCUT2D eigenvalue weighted by Gasteiger charge is 2.27. The van der Waals surface area contributed by atoms with E-state index in [-0.39, 0.29) is 17.5 Å². The summed E-state index contributed by atoms with van der Waals surface area (Å²) in [6.45, 7) is 0. The van der Waals surface area contributed by atoms with Crippen LogP contribution >= 0.6 is 11.6 Å². The van der Waals surface area contributed by atoms with Crippen LogP contribution in [-0.2, 0) is 10.6 Å². The van der Waals surface area contributed by atoms with Gasteiger partial charge in [0.1, 0.15) is 11.9 Å². The van der Waals surface area contributed by atoms with Crippen molar-refractivity contribution in [3.63, 3.8) is 0 Å². The lowest BCUT2D eigenvalue weighted by molar-refractivity contribution is 0.0286. The molecule has 0 spiro atoms. The summed E-state index contributed by atoms with van der Waals surface area (Å²) < 4.78 is 5.55. The summed E-state index contributed by atoms with van der Waals surface area (Å²) in [7, 11) is 1.67. The Hall–Kier alpha value is -0.870. The molecule has 4 nitrogen and oxygen atoms in total. The van der Waals surface area contributed by atoms with Gasteiger partial charge in [-0.25, -0.2) is 4.98 Å². The molecule has 5 heteroatoms. The van der Waals surface area contributed by atoms with Gasteiger partial charge in [-0.15, -0.1) is 11.6 Å². The highest BCUT2D eigenvalue weighted by atomic mass is 35.5. The lowest BCUT2D eigenvalue weighted by Crippen LogP contribution is -2.23. The number of rotatable bonds is 4. The summed E-state index contributed by atoms with van der Waals surface area (Å²) in [5.41, 5.74) is 0.446. The molecule has 100 valence electrons. The number of methoxy groups -OCH3 is 1. The molecule has 1 fully saturated rings. The van der Waals surface area contributed by atoms with E-state index in [2.05, 4.69) is 9.97 Å². The van der Waals surface area contributed by atoms with E-state index in [1.165, 1.54) is 25.3 Å². The molecule has 0 aromatic carbocycles. The fourth-order valence-corrected chi connectivity index (χ4v) is 2.83. The molecule has 2 rings (SSSR count). The Morgan fingerprint density at radius 2 is 2.22 bits per heavy atom. The largest absolute Gasteiger partial charge is 0.373 e. The SMILES string of the molecule is COC(c1nc(CCl)cc(=O)[nH]1)C1CCCCC1. The average molecular weight is 271 g/mol. The van der Waals surface area contributed by atoms with Gasteiger partial charge >= 0.3 is 0 Å². The second kappa shape index (κ2) is 6.34. The molecule has 0 aliphatic heterocycles. The van der Waals surface area contributed by atoms with Crippen LogP contribution in [0.1, 0.15) is 49.7 Å². The Labute approximate surface area is 112 Å². The molecule has 0 amide bonds. The Balaban J connectivity index is 2.25. The van der Waals surface area contributed by atoms with Crippen LogP contribution < -0.4 is 5.56 Å². The first kappa shape index (κ1) is 13.6. The number of aromatic nitrogens is 2. The van der Waals surface area contributed by atoms with Crippen LogP contribution in [0.2, 0.25) is 0 Å². The summed E-state index contributed by atoms with van der Waals surface area (Å²) in [4.78, 5) is 18.7. The van der Waals surface area contributed by atoms with Crippen molar-refractivity contribution in [1.29, 1.82) is 0 Å². The molecular weight excluding hydrogens is 252 g/mol. The van der Waals surface area contributed by atoms with Crippen LogP contribution in [-0.4, -0.2) is 17.1 Å². The Kier molecular flexibility index (Phi) is 4.78. The Bertz CT molecular complexity index is 441. The molecule has 0 bridgehead atoms. The second-order valence-corrected chi connectivity index (χ2v) is 5.08. The highest BCUT2D eigenvalue weighted by Crippen LogP contribution is 2.34. The molecule has 1 saturated carbocycles. The van der Waals surface area contributed by atoms with Gasteiger partial charge in [-0.1, -0.05) is 19.3 Å². The molecule has 0 saturated heterocycles. The third-order valence-electron chi connectivity index (χ3n) is 3.55. The fourth-order valence-electron chi connectivity index (χ4n) is 2.70. The van der Waals surface area contributed by atoms with E-state index in [1.54, 1.807) is 7.11 Å². The molecular formula is C13H19ClN2O2. The van der Waals surface area contributed by atoms with Crippen molar-refractivity contribution in [3.05, 3.63) is 27.9 Å². The first-order valence-electron chi connectivity index (χ1n) is 6.43. The van der Waals surface area contributed by atoms with Gasteiger partial charge < -0.3 is 9.72 Å².